The molecule has 1 aromatic heterocycles. The van der Waals surface area contributed by atoms with Crippen LogP contribution < -0.4 is 38.8 Å². The number of nitrogens with zero attached hydrogens (tertiary/aromatic N) is 2. The molecule has 0 bridgehead atoms. The van der Waals surface area contributed by atoms with Gasteiger partial charge in [-0.1, -0.05) is 35.4 Å². The van der Waals surface area contributed by atoms with Crippen LogP contribution in [-0.2, 0) is 21.7 Å². The predicted octanol–water partition coefficient (Wildman–Crippen LogP) is 0.841. The Kier molecular flexibility index (Phi) is 6.47. The number of fused-ring (bicyclic) bond motifs is 1. The van der Waals surface area contributed by atoms with Gasteiger partial charge in [0.15, 0.2) is 6.20 Å². The lowest BCUT2D eigenvalue weighted by atomic mass is 9.89. The Balaban J connectivity index is 0.00000256. The van der Waals surface area contributed by atoms with Crippen LogP contribution >= 0.6 is 11.6 Å². The first-order valence-electron chi connectivity index (χ1n) is 9.35. The molecule has 0 radical (unpaired) electrons. The van der Waals surface area contributed by atoms with Crippen molar-refractivity contribution in [3.63, 3.8) is 0 Å². The standard InChI is InChI=1S/C23H20ClN3O2.HI/c1-16-6-12-19(13-7-16)27-21(28)15-26-14-4-3-5-20(26)23(27,2)22(29)25-18-10-8-17(24)9-11-18;/h3-14H,15H2,1-2H3;1H. The number of rotatable bonds is 3. The van der Waals surface area contributed by atoms with Gasteiger partial charge in [-0.25, -0.2) is 0 Å². The number of benzene rings is 2. The molecule has 0 fully saturated rings. The minimum Gasteiger partial charge on any atom is -1.00 e. The van der Waals surface area contributed by atoms with Gasteiger partial charge in [-0.3, -0.25) is 14.5 Å². The van der Waals surface area contributed by atoms with E-state index in [4.69, 9.17) is 11.6 Å². The van der Waals surface area contributed by atoms with Crippen molar-refractivity contribution < 1.29 is 38.1 Å². The maximum Gasteiger partial charge on any atom is 0.294 e. The van der Waals surface area contributed by atoms with Gasteiger partial charge >= 0.3 is 0 Å². The van der Waals surface area contributed by atoms with Crippen molar-refractivity contribution >= 4 is 34.8 Å². The lowest BCUT2D eigenvalue weighted by Crippen LogP contribution is -3.00. The van der Waals surface area contributed by atoms with E-state index in [9.17, 15) is 9.59 Å². The van der Waals surface area contributed by atoms with E-state index >= 15 is 0 Å². The Labute approximate surface area is 197 Å². The van der Waals surface area contributed by atoms with Crippen molar-refractivity contribution in [1.29, 1.82) is 0 Å². The third kappa shape index (κ3) is 3.94. The maximum atomic E-state index is 13.6. The van der Waals surface area contributed by atoms with Crippen LogP contribution in [0.15, 0.2) is 72.9 Å². The second-order valence-electron chi connectivity index (χ2n) is 7.31. The van der Waals surface area contributed by atoms with Gasteiger partial charge in [0.2, 0.25) is 17.8 Å². The zero-order chi connectivity index (χ0) is 20.6. The molecule has 1 atom stereocenters. The fraction of sp³-hybridized carbons (Fsp3) is 0.174. The summed E-state index contributed by atoms with van der Waals surface area (Å²) in [6.07, 6.45) is 1.83. The highest BCUT2D eigenvalue weighted by Gasteiger charge is 2.54. The number of nitrogens with one attached hydrogen (secondary N) is 1. The molecule has 0 aliphatic carbocycles. The average Bonchev–Trinajstić information content (AvgIpc) is 2.71. The van der Waals surface area contributed by atoms with Crippen molar-refractivity contribution in [2.75, 3.05) is 10.2 Å². The molecular weight excluding hydrogens is 513 g/mol. The second-order valence-corrected chi connectivity index (χ2v) is 7.75. The molecule has 30 heavy (non-hydrogen) atoms. The molecule has 1 N–H and O–H groups in total. The number of halogens is 2. The van der Waals surface area contributed by atoms with Crippen LogP contribution in [-0.4, -0.2) is 11.8 Å². The number of pyridine rings is 1. The summed E-state index contributed by atoms with van der Waals surface area (Å²) < 4.78 is 1.83. The predicted molar refractivity (Wildman–Crippen MR) is 113 cm³/mol. The number of hydrogen-bond donors (Lipinski definition) is 1. The third-order valence-electron chi connectivity index (χ3n) is 5.28. The Morgan fingerprint density at radius 3 is 2.40 bits per heavy atom. The smallest absolute Gasteiger partial charge is 0.294 e. The van der Waals surface area contributed by atoms with E-state index in [1.807, 2.05) is 60.2 Å². The van der Waals surface area contributed by atoms with Crippen molar-refractivity contribution in [1.82, 2.24) is 0 Å². The van der Waals surface area contributed by atoms with Crippen LogP contribution in [0.1, 0.15) is 18.2 Å². The van der Waals surface area contributed by atoms with E-state index in [1.165, 1.54) is 0 Å². The molecule has 2 heterocycles. The number of amides is 2. The Morgan fingerprint density at radius 2 is 1.73 bits per heavy atom. The van der Waals surface area contributed by atoms with Gasteiger partial charge in [-0.15, -0.1) is 0 Å². The number of aromatic nitrogens is 1. The van der Waals surface area contributed by atoms with Crippen molar-refractivity contribution in [2.45, 2.75) is 25.9 Å². The average molecular weight is 534 g/mol. The van der Waals surface area contributed by atoms with E-state index in [0.29, 0.717) is 16.4 Å². The lowest BCUT2D eigenvalue weighted by Gasteiger charge is -2.40. The molecule has 3 aromatic rings. The van der Waals surface area contributed by atoms with Gasteiger partial charge in [0.05, 0.1) is 0 Å². The first kappa shape index (κ1) is 22.2. The number of carbonyl (C=O) groups excluding carboxylic acids is 2. The number of carbonyl (C=O) groups is 2. The quantitative estimate of drug-likeness (QED) is 0.401. The highest BCUT2D eigenvalue weighted by Crippen LogP contribution is 2.35. The van der Waals surface area contributed by atoms with Crippen LogP contribution in [0.5, 0.6) is 0 Å². The first-order chi connectivity index (χ1) is 13.9. The van der Waals surface area contributed by atoms with Gasteiger partial charge < -0.3 is 29.3 Å². The Hall–Kier alpha value is -2.45. The van der Waals surface area contributed by atoms with Gasteiger partial charge in [0.25, 0.3) is 11.8 Å². The van der Waals surface area contributed by atoms with Crippen molar-refractivity contribution in [2.24, 2.45) is 0 Å². The third-order valence-corrected chi connectivity index (χ3v) is 5.53. The normalized spacial score (nSPS) is 17.7. The van der Waals surface area contributed by atoms with Gasteiger partial charge in [-0.05, 0) is 50.2 Å². The van der Waals surface area contributed by atoms with E-state index in [0.717, 1.165) is 11.3 Å². The minimum absolute atomic E-state index is 0. The first-order valence-corrected chi connectivity index (χ1v) is 9.73. The van der Waals surface area contributed by atoms with E-state index in [2.05, 4.69) is 5.32 Å². The molecule has 154 valence electrons. The molecule has 1 aliphatic heterocycles. The number of anilines is 2. The lowest BCUT2D eigenvalue weighted by molar-refractivity contribution is -0.697. The summed E-state index contributed by atoms with van der Waals surface area (Å²) in [6.45, 7) is 3.94. The molecule has 0 saturated carbocycles. The molecule has 2 amide bonds. The van der Waals surface area contributed by atoms with Crippen molar-refractivity contribution in [3.8, 4) is 0 Å². The Bertz CT molecular complexity index is 1090. The van der Waals surface area contributed by atoms with Crippen LogP contribution in [0.2, 0.25) is 5.02 Å². The van der Waals surface area contributed by atoms with Gasteiger partial charge in [-0.2, -0.15) is 4.57 Å². The van der Waals surface area contributed by atoms with E-state index in [1.54, 1.807) is 36.1 Å². The molecule has 0 saturated heterocycles. The fourth-order valence-corrected chi connectivity index (χ4v) is 3.86. The SMILES string of the molecule is Cc1ccc(N2C(=O)C[n+]3ccccc3C2(C)C(=O)Nc2ccc(Cl)cc2)cc1.[I-]. The van der Waals surface area contributed by atoms with Gasteiger partial charge in [0, 0.05) is 28.5 Å². The molecular formula is C23H21ClIN3O2. The molecule has 1 unspecified atom stereocenters. The minimum atomic E-state index is -1.23. The Morgan fingerprint density at radius 1 is 1.07 bits per heavy atom. The summed E-state index contributed by atoms with van der Waals surface area (Å²) in [4.78, 5) is 28.3. The highest BCUT2D eigenvalue weighted by atomic mass is 127. The summed E-state index contributed by atoms with van der Waals surface area (Å²) >= 11 is 5.96. The van der Waals surface area contributed by atoms with Crippen LogP contribution in [0, 0.1) is 6.92 Å². The summed E-state index contributed by atoms with van der Waals surface area (Å²) in [5.74, 6) is -0.445. The number of aryl methyl sites for hydroxylation is 1. The fourth-order valence-electron chi connectivity index (χ4n) is 3.74. The van der Waals surface area contributed by atoms with E-state index < -0.39 is 5.54 Å². The summed E-state index contributed by atoms with van der Waals surface area (Å²) in [5.41, 5.74) is 1.90. The van der Waals surface area contributed by atoms with E-state index in [-0.39, 0.29) is 42.3 Å². The van der Waals surface area contributed by atoms with Crippen LogP contribution in [0.25, 0.3) is 0 Å². The molecule has 4 rings (SSSR count). The van der Waals surface area contributed by atoms with Crippen LogP contribution in [0.4, 0.5) is 11.4 Å². The largest absolute Gasteiger partial charge is 1.00 e. The molecule has 0 spiro atoms. The van der Waals surface area contributed by atoms with Crippen LogP contribution in [0.3, 0.4) is 0 Å². The molecule has 5 nitrogen and oxygen atoms in total. The zero-order valence-electron chi connectivity index (χ0n) is 16.6. The molecule has 1 aliphatic rings. The topological polar surface area (TPSA) is 53.3 Å². The summed E-state index contributed by atoms with van der Waals surface area (Å²) in [7, 11) is 0. The van der Waals surface area contributed by atoms with Crippen molar-refractivity contribution in [3.05, 3.63) is 89.2 Å². The highest BCUT2D eigenvalue weighted by molar-refractivity contribution is 6.30. The maximum absolute atomic E-state index is 13.6. The monoisotopic (exact) mass is 533 g/mol. The second kappa shape index (κ2) is 8.73. The molecule has 7 heteroatoms. The zero-order valence-corrected chi connectivity index (χ0v) is 19.5. The molecule has 2 aromatic carbocycles. The summed E-state index contributed by atoms with van der Waals surface area (Å²) in [6, 6.07) is 20.2. The number of hydrogen-bond acceptors (Lipinski definition) is 2. The van der Waals surface area contributed by atoms with Gasteiger partial charge in [0.1, 0.15) is 0 Å². The summed E-state index contributed by atoms with van der Waals surface area (Å²) in [5, 5.41) is 3.53.